The Bertz CT molecular complexity index is 1380. The number of amides is 1. The number of hydrogen-bond acceptors (Lipinski definition) is 4. The van der Waals surface area contributed by atoms with Crippen molar-refractivity contribution in [2.24, 2.45) is 0 Å². The van der Waals surface area contributed by atoms with Crippen LogP contribution in [-0.2, 0) is 11.3 Å². The second-order valence-corrected chi connectivity index (χ2v) is 7.27. The van der Waals surface area contributed by atoms with Crippen LogP contribution in [0.2, 0.25) is 0 Å². The predicted molar refractivity (Wildman–Crippen MR) is 121 cm³/mol. The average molecular weight is 428 g/mol. The lowest BCUT2D eigenvalue weighted by Gasteiger charge is -2.15. The Morgan fingerprint density at radius 1 is 0.875 bits per heavy atom. The van der Waals surface area contributed by atoms with Crippen molar-refractivity contribution in [3.05, 3.63) is 100 Å². The molecular weight excluding hydrogens is 408 g/mol. The zero-order valence-corrected chi connectivity index (χ0v) is 17.0. The first kappa shape index (κ1) is 20.9. The van der Waals surface area contributed by atoms with Gasteiger partial charge in [-0.05, 0) is 34.9 Å². The number of carboxylic acids is 1. The molecule has 0 saturated carbocycles. The number of fused-ring (bicyclic) bond motifs is 1. The molecule has 32 heavy (non-hydrogen) atoms. The predicted octanol–water partition coefficient (Wildman–Crippen LogP) is 3.24. The quantitative estimate of drug-likeness (QED) is 0.437. The molecule has 7 heteroatoms. The summed E-state index contributed by atoms with van der Waals surface area (Å²) in [6, 6.07) is 24.2. The lowest BCUT2D eigenvalue weighted by molar-refractivity contribution is -0.135. The van der Waals surface area contributed by atoms with Crippen LogP contribution in [-0.4, -0.2) is 33.2 Å². The van der Waals surface area contributed by atoms with E-state index in [1.165, 1.54) is 4.57 Å². The first-order valence-corrected chi connectivity index (χ1v) is 9.94. The van der Waals surface area contributed by atoms with E-state index in [-0.39, 0.29) is 6.54 Å². The summed E-state index contributed by atoms with van der Waals surface area (Å²) in [6.07, 6.45) is 0. The van der Waals surface area contributed by atoms with E-state index in [2.05, 4.69) is 5.32 Å². The Morgan fingerprint density at radius 3 is 2.31 bits per heavy atom. The number of pyridine rings is 1. The Kier molecular flexibility index (Phi) is 5.72. The maximum absolute atomic E-state index is 13.2. The molecular formula is C25H20N2O5. The van der Waals surface area contributed by atoms with Gasteiger partial charge in [0.15, 0.2) is 0 Å². The smallest absolute Gasteiger partial charge is 0.322 e. The van der Waals surface area contributed by atoms with Crippen molar-refractivity contribution in [2.75, 3.05) is 6.54 Å². The van der Waals surface area contributed by atoms with E-state index in [9.17, 15) is 19.5 Å². The molecule has 1 heterocycles. The van der Waals surface area contributed by atoms with E-state index < -0.39 is 35.3 Å². The van der Waals surface area contributed by atoms with Gasteiger partial charge >= 0.3 is 5.97 Å². The lowest BCUT2D eigenvalue weighted by atomic mass is 10.0. The maximum Gasteiger partial charge on any atom is 0.322 e. The van der Waals surface area contributed by atoms with Crippen molar-refractivity contribution in [3.63, 3.8) is 0 Å². The Balaban J connectivity index is 1.82. The van der Waals surface area contributed by atoms with E-state index in [1.54, 1.807) is 24.3 Å². The van der Waals surface area contributed by atoms with E-state index >= 15 is 0 Å². The molecule has 0 spiro atoms. The van der Waals surface area contributed by atoms with Crippen LogP contribution in [0.15, 0.2) is 83.7 Å². The van der Waals surface area contributed by atoms with Crippen LogP contribution in [0.1, 0.15) is 15.9 Å². The molecule has 0 fully saturated rings. The highest BCUT2D eigenvalue weighted by Gasteiger charge is 2.22. The fourth-order valence-electron chi connectivity index (χ4n) is 3.66. The molecule has 4 rings (SSSR count). The van der Waals surface area contributed by atoms with Crippen LogP contribution in [0.4, 0.5) is 0 Å². The third kappa shape index (κ3) is 4.09. The zero-order chi connectivity index (χ0) is 22.7. The van der Waals surface area contributed by atoms with Crippen LogP contribution in [0, 0.1) is 0 Å². The van der Waals surface area contributed by atoms with E-state index in [0.717, 1.165) is 16.7 Å². The Morgan fingerprint density at radius 2 is 1.56 bits per heavy atom. The topological polar surface area (TPSA) is 109 Å². The van der Waals surface area contributed by atoms with Crippen molar-refractivity contribution in [3.8, 4) is 16.9 Å². The van der Waals surface area contributed by atoms with Gasteiger partial charge in [0.2, 0.25) is 0 Å². The van der Waals surface area contributed by atoms with Crippen molar-refractivity contribution in [1.82, 2.24) is 9.88 Å². The van der Waals surface area contributed by atoms with Gasteiger partial charge in [0.05, 0.1) is 12.1 Å². The van der Waals surface area contributed by atoms with E-state index in [4.69, 9.17) is 5.11 Å². The summed E-state index contributed by atoms with van der Waals surface area (Å²) in [5.41, 5.74) is 2.14. The summed E-state index contributed by atoms with van der Waals surface area (Å²) >= 11 is 0. The molecule has 160 valence electrons. The van der Waals surface area contributed by atoms with Crippen LogP contribution in [0.5, 0.6) is 5.75 Å². The van der Waals surface area contributed by atoms with E-state index in [1.807, 2.05) is 54.6 Å². The van der Waals surface area contributed by atoms with Crippen LogP contribution in [0.3, 0.4) is 0 Å². The second kappa shape index (κ2) is 8.77. The number of benzene rings is 3. The number of aromatic hydroxyl groups is 1. The summed E-state index contributed by atoms with van der Waals surface area (Å²) in [4.78, 5) is 36.6. The first-order valence-electron chi connectivity index (χ1n) is 9.94. The third-order valence-corrected chi connectivity index (χ3v) is 5.15. The summed E-state index contributed by atoms with van der Waals surface area (Å²) < 4.78 is 1.41. The minimum Gasteiger partial charge on any atom is -0.506 e. The van der Waals surface area contributed by atoms with Gasteiger partial charge in [0, 0.05) is 5.39 Å². The van der Waals surface area contributed by atoms with Gasteiger partial charge < -0.3 is 20.1 Å². The molecule has 0 aliphatic heterocycles. The third-order valence-electron chi connectivity index (χ3n) is 5.15. The van der Waals surface area contributed by atoms with Gasteiger partial charge in [0.25, 0.3) is 11.5 Å². The van der Waals surface area contributed by atoms with Gasteiger partial charge in [-0.2, -0.15) is 0 Å². The highest BCUT2D eigenvalue weighted by molar-refractivity contribution is 6.03. The molecule has 1 aromatic heterocycles. The zero-order valence-electron chi connectivity index (χ0n) is 17.0. The van der Waals surface area contributed by atoms with E-state index in [0.29, 0.717) is 10.9 Å². The maximum atomic E-state index is 13.2. The molecule has 0 aliphatic rings. The molecule has 0 atom stereocenters. The Labute approximate surface area is 183 Å². The van der Waals surface area contributed by atoms with Crippen molar-refractivity contribution >= 4 is 22.8 Å². The first-order chi connectivity index (χ1) is 15.5. The molecule has 1 amide bonds. The summed E-state index contributed by atoms with van der Waals surface area (Å²) in [5, 5.41) is 21.9. The number of aliphatic carboxylic acids is 1. The highest BCUT2D eigenvalue weighted by Crippen LogP contribution is 2.27. The highest BCUT2D eigenvalue weighted by atomic mass is 16.4. The number of carboxylic acid groups (broad SMARTS) is 1. The Hall–Kier alpha value is -4.39. The second-order valence-electron chi connectivity index (χ2n) is 7.27. The number of aromatic nitrogens is 1. The van der Waals surface area contributed by atoms with Crippen molar-refractivity contribution < 1.29 is 19.8 Å². The van der Waals surface area contributed by atoms with Crippen LogP contribution >= 0.6 is 0 Å². The molecule has 3 aromatic carbocycles. The molecule has 0 aliphatic carbocycles. The van der Waals surface area contributed by atoms with Gasteiger partial charge in [-0.15, -0.1) is 0 Å². The molecule has 4 aromatic rings. The van der Waals surface area contributed by atoms with Crippen molar-refractivity contribution in [1.29, 1.82) is 0 Å². The lowest BCUT2D eigenvalue weighted by Crippen LogP contribution is -2.36. The van der Waals surface area contributed by atoms with Gasteiger partial charge in [-0.3, -0.25) is 14.4 Å². The molecule has 7 nitrogen and oxygen atoms in total. The number of rotatable bonds is 6. The summed E-state index contributed by atoms with van der Waals surface area (Å²) in [6.45, 7) is -0.497. The number of nitrogens with zero attached hydrogens (tertiary/aromatic N) is 1. The normalized spacial score (nSPS) is 10.8. The minimum absolute atomic E-state index is 0.166. The average Bonchev–Trinajstić information content (AvgIpc) is 2.81. The number of carbonyl (C=O) groups is 2. The minimum atomic E-state index is -1.25. The number of nitrogens with one attached hydrogen (secondary N) is 1. The number of para-hydroxylation sites is 1. The molecule has 0 radical (unpaired) electrons. The number of carbonyl (C=O) groups excluding carboxylic acids is 1. The molecule has 3 N–H and O–H groups in total. The molecule has 0 saturated heterocycles. The molecule has 0 bridgehead atoms. The summed E-state index contributed by atoms with van der Waals surface area (Å²) in [7, 11) is 0. The largest absolute Gasteiger partial charge is 0.506 e. The van der Waals surface area contributed by atoms with Gasteiger partial charge in [-0.25, -0.2) is 0 Å². The number of hydrogen-bond donors (Lipinski definition) is 3. The SMILES string of the molecule is O=C(O)CNC(=O)c1c(O)c2ccccc2n(Cc2cccc(-c3ccccc3)c2)c1=O. The fourth-order valence-corrected chi connectivity index (χ4v) is 3.66. The van der Waals surface area contributed by atoms with Crippen LogP contribution < -0.4 is 10.9 Å². The fraction of sp³-hybridized carbons (Fsp3) is 0.0800. The molecule has 0 unspecified atom stereocenters. The standard InChI is InChI=1S/C25H20N2O5/c28-21(29)14-26-24(31)22-23(30)19-11-4-5-12-20(19)27(25(22)32)15-16-7-6-10-18(13-16)17-8-2-1-3-9-17/h1-13,30H,14-15H2,(H,26,31)(H,28,29). The summed E-state index contributed by atoms with van der Waals surface area (Å²) in [5.74, 6) is -2.66. The monoisotopic (exact) mass is 428 g/mol. The van der Waals surface area contributed by atoms with Crippen LogP contribution in [0.25, 0.3) is 22.0 Å². The van der Waals surface area contributed by atoms with Gasteiger partial charge in [0.1, 0.15) is 17.9 Å². The van der Waals surface area contributed by atoms with Crippen molar-refractivity contribution in [2.45, 2.75) is 6.54 Å². The van der Waals surface area contributed by atoms with Gasteiger partial charge in [-0.1, -0.05) is 60.7 Å².